The molecule has 0 aliphatic heterocycles. The topological polar surface area (TPSA) is 78.9 Å². The van der Waals surface area contributed by atoms with E-state index in [9.17, 15) is 14.4 Å². The summed E-state index contributed by atoms with van der Waals surface area (Å²) in [6.07, 6.45) is 64.9. The van der Waals surface area contributed by atoms with Crippen LogP contribution in [0.3, 0.4) is 0 Å². The molecule has 0 N–H and O–H groups in total. The highest BCUT2D eigenvalue weighted by Crippen LogP contribution is 2.12. The van der Waals surface area contributed by atoms with E-state index in [1.807, 2.05) is 24.3 Å². The highest BCUT2D eigenvalue weighted by atomic mass is 16.6. The summed E-state index contributed by atoms with van der Waals surface area (Å²) < 4.78 is 16.6. The number of allylic oxidation sites excluding steroid dienone is 20. The Hall–Kier alpha value is -4.19. The lowest BCUT2D eigenvalue weighted by atomic mass is 10.1. The van der Waals surface area contributed by atoms with Crippen molar-refractivity contribution in [1.29, 1.82) is 0 Å². The third-order valence-electron chi connectivity index (χ3n) is 9.24. The highest BCUT2D eigenvalue weighted by molar-refractivity contribution is 5.71. The molecule has 0 saturated heterocycles. The first-order valence-electron chi connectivity index (χ1n) is 23.5. The Morgan fingerprint density at radius 2 is 0.650 bits per heavy atom. The fourth-order valence-corrected chi connectivity index (χ4v) is 5.77. The van der Waals surface area contributed by atoms with Crippen LogP contribution in [0.2, 0.25) is 0 Å². The van der Waals surface area contributed by atoms with Gasteiger partial charge in [-0.25, -0.2) is 0 Å². The molecule has 1 unspecified atom stereocenters. The van der Waals surface area contributed by atoms with Crippen molar-refractivity contribution in [2.24, 2.45) is 0 Å². The van der Waals surface area contributed by atoms with Gasteiger partial charge in [-0.2, -0.15) is 0 Å². The Labute approximate surface area is 367 Å². The maximum atomic E-state index is 12.7. The van der Waals surface area contributed by atoms with Crippen LogP contribution in [-0.2, 0) is 28.6 Å². The van der Waals surface area contributed by atoms with E-state index in [-0.39, 0.29) is 38.0 Å². The lowest BCUT2D eigenvalue weighted by Gasteiger charge is -2.18. The minimum atomic E-state index is -0.847. The van der Waals surface area contributed by atoms with Crippen LogP contribution in [0.25, 0.3) is 0 Å². The second-order valence-electron chi connectivity index (χ2n) is 14.9. The molecule has 0 heterocycles. The van der Waals surface area contributed by atoms with Gasteiger partial charge < -0.3 is 14.2 Å². The summed E-state index contributed by atoms with van der Waals surface area (Å²) in [6, 6.07) is 0. The second-order valence-corrected chi connectivity index (χ2v) is 14.9. The van der Waals surface area contributed by atoms with Crippen molar-refractivity contribution >= 4 is 17.9 Å². The first-order valence-corrected chi connectivity index (χ1v) is 23.5. The average Bonchev–Trinajstić information content (AvgIpc) is 3.24. The summed E-state index contributed by atoms with van der Waals surface area (Å²) >= 11 is 0. The predicted octanol–water partition coefficient (Wildman–Crippen LogP) is 15.4. The van der Waals surface area contributed by atoms with Gasteiger partial charge in [0.25, 0.3) is 0 Å². The van der Waals surface area contributed by atoms with Crippen LogP contribution in [0.15, 0.2) is 122 Å². The van der Waals surface area contributed by atoms with Crippen molar-refractivity contribution in [1.82, 2.24) is 0 Å². The number of hydrogen-bond acceptors (Lipinski definition) is 6. The van der Waals surface area contributed by atoms with Crippen LogP contribution >= 0.6 is 0 Å². The molecule has 60 heavy (non-hydrogen) atoms. The minimum Gasteiger partial charge on any atom is -0.462 e. The van der Waals surface area contributed by atoms with Gasteiger partial charge in [-0.05, 0) is 83.5 Å². The average molecular weight is 829 g/mol. The van der Waals surface area contributed by atoms with Gasteiger partial charge in [0.15, 0.2) is 6.10 Å². The zero-order valence-electron chi connectivity index (χ0n) is 38.2. The molecule has 336 valence electrons. The van der Waals surface area contributed by atoms with Crippen LogP contribution in [0.4, 0.5) is 0 Å². The third kappa shape index (κ3) is 44.9. The van der Waals surface area contributed by atoms with Gasteiger partial charge in [0.1, 0.15) is 13.2 Å². The fraction of sp³-hybridized carbons (Fsp3) is 0.574. The molecule has 0 aromatic heterocycles. The van der Waals surface area contributed by atoms with Crippen molar-refractivity contribution in [2.75, 3.05) is 13.2 Å². The van der Waals surface area contributed by atoms with Crippen molar-refractivity contribution in [3.8, 4) is 0 Å². The molecule has 0 radical (unpaired) electrons. The van der Waals surface area contributed by atoms with Crippen LogP contribution < -0.4 is 0 Å². The normalized spacial score (nSPS) is 13.2. The monoisotopic (exact) mass is 829 g/mol. The number of carbonyl (C=O) groups excluding carboxylic acids is 3. The maximum absolute atomic E-state index is 12.7. The summed E-state index contributed by atoms with van der Waals surface area (Å²) in [5.41, 5.74) is 0. The van der Waals surface area contributed by atoms with Gasteiger partial charge in [-0.3, -0.25) is 14.4 Å². The summed E-state index contributed by atoms with van der Waals surface area (Å²) in [6.45, 7) is 6.23. The van der Waals surface area contributed by atoms with Gasteiger partial charge in [-0.1, -0.05) is 200 Å². The molecule has 0 aliphatic carbocycles. The SMILES string of the molecule is CC/C=C\C/C=C\C/C=C\C/C=C\C/C=C\CCC(=O)OCC(COC(=O)CCCCCCCCCCCC)OC(=O)CC/C=C\C/C=C\C/C=C\C/C=C\C/C=C\CC. The molecule has 6 heteroatoms. The van der Waals surface area contributed by atoms with E-state index in [0.717, 1.165) is 83.5 Å². The molecule has 0 amide bonds. The van der Waals surface area contributed by atoms with Gasteiger partial charge >= 0.3 is 17.9 Å². The first kappa shape index (κ1) is 55.8. The lowest BCUT2D eigenvalue weighted by molar-refractivity contribution is -0.166. The largest absolute Gasteiger partial charge is 0.462 e. The van der Waals surface area contributed by atoms with Crippen molar-refractivity contribution in [2.45, 2.75) is 187 Å². The van der Waals surface area contributed by atoms with Crippen molar-refractivity contribution < 1.29 is 28.6 Å². The standard InChI is InChI=1S/C54H84O6/c1-4-7-10-13-16-19-22-24-26-28-30-32-35-38-41-44-47-53(56)59-50-51(49-58-52(55)46-43-40-37-34-21-18-15-12-9-6-3)60-54(57)48-45-42-39-36-33-31-29-27-25-23-20-17-14-11-8-5-2/h7-8,10-11,16-17,19-20,24-27,30-33,38-39,41-42,51H,4-6,9,12-15,18,21-23,28-29,34-37,40,43-50H2,1-3H3/b10-7-,11-8-,19-16-,20-17-,26-24-,27-25-,32-30-,33-31-,41-38-,42-39-. The number of unbranched alkanes of at least 4 members (excludes halogenated alkanes) is 9. The number of hydrogen-bond donors (Lipinski definition) is 0. The zero-order chi connectivity index (χ0) is 43.7. The maximum Gasteiger partial charge on any atom is 0.306 e. The van der Waals surface area contributed by atoms with Crippen molar-refractivity contribution in [3.05, 3.63) is 122 Å². The molecule has 6 nitrogen and oxygen atoms in total. The molecule has 0 aliphatic rings. The molecule has 0 aromatic rings. The summed E-state index contributed by atoms with van der Waals surface area (Å²) in [5, 5.41) is 0. The van der Waals surface area contributed by atoms with E-state index >= 15 is 0 Å². The minimum absolute atomic E-state index is 0.133. The van der Waals surface area contributed by atoms with Crippen molar-refractivity contribution in [3.63, 3.8) is 0 Å². The second kappa shape index (κ2) is 47.5. The van der Waals surface area contributed by atoms with Gasteiger partial charge in [-0.15, -0.1) is 0 Å². The molecule has 0 saturated carbocycles. The van der Waals surface area contributed by atoms with E-state index in [4.69, 9.17) is 14.2 Å². The van der Waals surface area contributed by atoms with E-state index < -0.39 is 12.1 Å². The van der Waals surface area contributed by atoms with Crippen LogP contribution in [0.5, 0.6) is 0 Å². The Bertz CT molecular complexity index is 1320. The molecule has 0 spiro atoms. The van der Waals surface area contributed by atoms with E-state index in [1.165, 1.54) is 44.9 Å². The fourth-order valence-electron chi connectivity index (χ4n) is 5.77. The Morgan fingerprint density at radius 1 is 0.350 bits per heavy atom. The number of ether oxygens (including phenoxy) is 3. The predicted molar refractivity (Wildman–Crippen MR) is 256 cm³/mol. The molecule has 0 aromatic carbocycles. The summed E-state index contributed by atoms with van der Waals surface area (Å²) in [4.78, 5) is 37.7. The smallest absolute Gasteiger partial charge is 0.306 e. The quantitative estimate of drug-likeness (QED) is 0.0265. The van der Waals surface area contributed by atoms with E-state index in [1.54, 1.807) is 0 Å². The molecule has 0 bridgehead atoms. The van der Waals surface area contributed by atoms with Gasteiger partial charge in [0, 0.05) is 19.3 Å². The first-order chi connectivity index (χ1) is 29.5. The van der Waals surface area contributed by atoms with E-state index in [2.05, 4.69) is 118 Å². The number of carbonyl (C=O) groups is 3. The molecule has 1 atom stereocenters. The van der Waals surface area contributed by atoms with E-state index in [0.29, 0.717) is 19.3 Å². The molecular weight excluding hydrogens is 745 g/mol. The van der Waals surface area contributed by atoms with Gasteiger partial charge in [0.05, 0.1) is 0 Å². The van der Waals surface area contributed by atoms with Crippen LogP contribution in [-0.4, -0.2) is 37.2 Å². The van der Waals surface area contributed by atoms with Crippen LogP contribution in [0.1, 0.15) is 181 Å². The molecule has 0 rings (SSSR count). The number of rotatable bonds is 40. The van der Waals surface area contributed by atoms with Gasteiger partial charge in [0.2, 0.25) is 0 Å². The molecule has 0 fully saturated rings. The zero-order valence-corrected chi connectivity index (χ0v) is 38.2. The molecular formula is C54H84O6. The lowest BCUT2D eigenvalue weighted by Crippen LogP contribution is -2.30. The number of esters is 3. The Kier molecular flexibility index (Phi) is 44.2. The van der Waals surface area contributed by atoms with Crippen LogP contribution in [0, 0.1) is 0 Å². The Balaban J connectivity index is 4.62. The highest BCUT2D eigenvalue weighted by Gasteiger charge is 2.19. The summed E-state index contributed by atoms with van der Waals surface area (Å²) in [7, 11) is 0. The third-order valence-corrected chi connectivity index (χ3v) is 9.24. The Morgan fingerprint density at radius 3 is 1.02 bits per heavy atom. The summed E-state index contributed by atoms with van der Waals surface area (Å²) in [5.74, 6) is -1.12.